The van der Waals surface area contributed by atoms with Crippen molar-refractivity contribution < 1.29 is 13.8 Å². The number of H-pyrrole nitrogens is 1. The van der Waals surface area contributed by atoms with Crippen LogP contribution in [-0.2, 0) is 13.8 Å². The topological polar surface area (TPSA) is 90.4 Å². The fourth-order valence-electron chi connectivity index (χ4n) is 1.93. The van der Waals surface area contributed by atoms with E-state index in [0.29, 0.717) is 18.4 Å². The number of ether oxygens (including phenoxy) is 1. The Morgan fingerprint density at radius 1 is 1.56 bits per heavy atom. The van der Waals surface area contributed by atoms with E-state index in [4.69, 9.17) is 9.26 Å². The van der Waals surface area contributed by atoms with Gasteiger partial charge < -0.3 is 4.74 Å². The molecule has 2 atom stereocenters. The smallest absolute Gasteiger partial charge is 0.330 e. The molecule has 0 aromatic carbocycles. The van der Waals surface area contributed by atoms with Crippen LogP contribution in [0.3, 0.4) is 0 Å². The Kier molecular flexibility index (Phi) is 4.06. The van der Waals surface area contributed by atoms with Crippen LogP contribution in [0.1, 0.15) is 24.6 Å². The number of hydrogen-bond donors (Lipinski definition) is 1. The van der Waals surface area contributed by atoms with Crippen molar-refractivity contribution in [1.29, 1.82) is 0 Å². The first-order valence-electron chi connectivity index (χ1n) is 5.54. The molecule has 0 unspecified atom stereocenters. The molecule has 0 radical (unpaired) electrons. The highest BCUT2D eigenvalue weighted by molar-refractivity contribution is 7.17. The Bertz CT molecular complexity index is 552. The summed E-state index contributed by atoms with van der Waals surface area (Å²) in [5.74, 6) is 0. The number of aryl methyl sites for hydroxylation is 1. The molecule has 98 valence electrons. The van der Waals surface area contributed by atoms with Gasteiger partial charge >= 0.3 is 14.4 Å². The maximum Gasteiger partial charge on any atom is 0.330 e. The number of aromatic nitrogens is 2. The van der Waals surface area contributed by atoms with Gasteiger partial charge in [-0.05, 0) is 19.8 Å². The summed E-state index contributed by atoms with van der Waals surface area (Å²) < 4.78 is 21.9. The van der Waals surface area contributed by atoms with Gasteiger partial charge in [0.2, 0.25) is 0 Å². The lowest BCUT2D eigenvalue weighted by molar-refractivity contribution is -0.0182. The summed E-state index contributed by atoms with van der Waals surface area (Å²) in [6, 6.07) is 0. The van der Waals surface area contributed by atoms with Gasteiger partial charge in [0, 0.05) is 11.8 Å². The molecule has 0 spiro atoms. The van der Waals surface area contributed by atoms with Crippen molar-refractivity contribution >= 4 is 8.69 Å². The Morgan fingerprint density at radius 3 is 3.06 bits per heavy atom. The standard InChI is InChI=1S/C10H13N2O5P/c1-6-4-12(10(14)11-9(6)13)8-3-2-7(17-8)5-16-18-15/h4,7-8H,2-3,5H2,1H3,(H,11,13,14)/t7-,8+/m0/s1. The molecule has 1 saturated heterocycles. The molecule has 1 aromatic rings. The summed E-state index contributed by atoms with van der Waals surface area (Å²) in [4.78, 5) is 25.1. The SMILES string of the molecule is Cc1cn([C@H]2CC[C@@H](COP=O)O2)c(=O)[nH]c1=O. The normalized spacial score (nSPS) is 23.6. The number of rotatable bonds is 4. The van der Waals surface area contributed by atoms with Crippen LogP contribution in [0, 0.1) is 6.92 Å². The van der Waals surface area contributed by atoms with E-state index < -0.39 is 11.9 Å². The highest BCUT2D eigenvalue weighted by Gasteiger charge is 2.27. The van der Waals surface area contributed by atoms with Gasteiger partial charge in [-0.1, -0.05) is 0 Å². The van der Waals surface area contributed by atoms with E-state index in [1.54, 1.807) is 6.92 Å². The zero-order valence-corrected chi connectivity index (χ0v) is 10.7. The zero-order valence-electron chi connectivity index (χ0n) is 9.79. The molecule has 1 fully saturated rings. The fraction of sp³-hybridized carbons (Fsp3) is 0.600. The van der Waals surface area contributed by atoms with Crippen LogP contribution < -0.4 is 11.2 Å². The van der Waals surface area contributed by atoms with E-state index in [0.717, 1.165) is 0 Å². The molecule has 18 heavy (non-hydrogen) atoms. The van der Waals surface area contributed by atoms with Gasteiger partial charge in [0.05, 0.1) is 12.7 Å². The first-order valence-corrected chi connectivity index (χ1v) is 6.27. The van der Waals surface area contributed by atoms with E-state index in [-0.39, 0.29) is 27.0 Å². The molecule has 8 heteroatoms. The number of hydrogen-bond acceptors (Lipinski definition) is 5. The molecule has 2 rings (SSSR count). The van der Waals surface area contributed by atoms with Crippen LogP contribution in [0.2, 0.25) is 0 Å². The highest BCUT2D eigenvalue weighted by atomic mass is 31.1. The molecule has 1 N–H and O–H groups in total. The summed E-state index contributed by atoms with van der Waals surface area (Å²) in [5, 5.41) is 0. The van der Waals surface area contributed by atoms with Crippen LogP contribution in [0.25, 0.3) is 0 Å². The van der Waals surface area contributed by atoms with E-state index in [1.807, 2.05) is 0 Å². The molecule has 1 aliphatic rings. The van der Waals surface area contributed by atoms with Crippen molar-refractivity contribution in [3.8, 4) is 0 Å². The summed E-state index contributed by atoms with van der Waals surface area (Å²) in [7, 11) is -0.381. The van der Waals surface area contributed by atoms with Crippen LogP contribution in [-0.4, -0.2) is 22.3 Å². The van der Waals surface area contributed by atoms with Gasteiger partial charge in [-0.3, -0.25) is 18.9 Å². The highest BCUT2D eigenvalue weighted by Crippen LogP contribution is 2.27. The van der Waals surface area contributed by atoms with Gasteiger partial charge in [0.15, 0.2) is 0 Å². The summed E-state index contributed by atoms with van der Waals surface area (Å²) in [6.07, 6.45) is 2.25. The Hall–Kier alpha value is -1.30. The third-order valence-corrected chi connectivity index (χ3v) is 3.11. The molecule has 0 bridgehead atoms. The lowest BCUT2D eigenvalue weighted by atomic mass is 10.2. The van der Waals surface area contributed by atoms with Crippen LogP contribution in [0.15, 0.2) is 15.8 Å². The maximum absolute atomic E-state index is 11.6. The quantitative estimate of drug-likeness (QED) is 0.816. The Labute approximate surface area is 104 Å². The van der Waals surface area contributed by atoms with Gasteiger partial charge in [-0.15, -0.1) is 0 Å². The Balaban J connectivity index is 2.14. The first-order chi connectivity index (χ1) is 8.61. The molecule has 0 amide bonds. The monoisotopic (exact) mass is 272 g/mol. The fourth-order valence-corrected chi connectivity index (χ4v) is 2.15. The van der Waals surface area contributed by atoms with E-state index in [1.165, 1.54) is 10.8 Å². The second-order valence-corrected chi connectivity index (χ2v) is 4.55. The van der Waals surface area contributed by atoms with Crippen LogP contribution in [0.4, 0.5) is 0 Å². The van der Waals surface area contributed by atoms with E-state index >= 15 is 0 Å². The minimum absolute atomic E-state index is 0.185. The molecule has 1 aliphatic heterocycles. The number of nitrogens with zero attached hydrogens (tertiary/aromatic N) is 1. The van der Waals surface area contributed by atoms with Crippen molar-refractivity contribution in [2.24, 2.45) is 0 Å². The number of nitrogens with one attached hydrogen (secondary N) is 1. The molecule has 1 aromatic heterocycles. The van der Waals surface area contributed by atoms with Crippen molar-refractivity contribution in [3.05, 3.63) is 32.6 Å². The van der Waals surface area contributed by atoms with E-state index in [2.05, 4.69) is 4.98 Å². The average molecular weight is 272 g/mol. The molecular weight excluding hydrogens is 259 g/mol. The largest absolute Gasteiger partial charge is 0.352 e. The molecule has 7 nitrogen and oxygen atoms in total. The second-order valence-electron chi connectivity index (χ2n) is 4.14. The van der Waals surface area contributed by atoms with Gasteiger partial charge in [0.1, 0.15) is 6.23 Å². The molecular formula is C10H13N2O5P. The molecule has 2 heterocycles. The minimum Gasteiger partial charge on any atom is -0.352 e. The number of aromatic amines is 1. The second kappa shape index (κ2) is 5.56. The summed E-state index contributed by atoms with van der Waals surface area (Å²) >= 11 is 0. The average Bonchev–Trinajstić information content (AvgIpc) is 2.79. The van der Waals surface area contributed by atoms with Gasteiger partial charge in [-0.25, -0.2) is 9.36 Å². The van der Waals surface area contributed by atoms with Crippen molar-refractivity contribution in [3.63, 3.8) is 0 Å². The van der Waals surface area contributed by atoms with Crippen molar-refractivity contribution in [2.75, 3.05) is 6.61 Å². The Morgan fingerprint density at radius 2 is 2.33 bits per heavy atom. The minimum atomic E-state index is -0.487. The molecule has 0 saturated carbocycles. The van der Waals surface area contributed by atoms with Gasteiger partial charge in [0.25, 0.3) is 5.56 Å². The third-order valence-electron chi connectivity index (χ3n) is 2.85. The van der Waals surface area contributed by atoms with Gasteiger partial charge in [-0.2, -0.15) is 0 Å². The van der Waals surface area contributed by atoms with Crippen LogP contribution in [0.5, 0.6) is 0 Å². The summed E-state index contributed by atoms with van der Waals surface area (Å²) in [5.41, 5.74) is -0.422. The lowest BCUT2D eigenvalue weighted by Gasteiger charge is -2.15. The zero-order chi connectivity index (χ0) is 13.1. The van der Waals surface area contributed by atoms with Crippen molar-refractivity contribution in [2.45, 2.75) is 32.1 Å². The van der Waals surface area contributed by atoms with Crippen molar-refractivity contribution in [1.82, 2.24) is 9.55 Å². The predicted octanol–water partition coefficient (Wildman–Crippen LogP) is 0.746. The molecule has 0 aliphatic carbocycles. The van der Waals surface area contributed by atoms with E-state index in [9.17, 15) is 14.2 Å². The van der Waals surface area contributed by atoms with Crippen LogP contribution >= 0.6 is 8.69 Å². The maximum atomic E-state index is 11.6. The predicted molar refractivity (Wildman–Crippen MR) is 62.8 cm³/mol. The third kappa shape index (κ3) is 2.75. The lowest BCUT2D eigenvalue weighted by Crippen LogP contribution is -2.33. The summed E-state index contributed by atoms with van der Waals surface area (Å²) in [6.45, 7) is 1.85. The first kappa shape index (κ1) is 13.1.